The van der Waals surface area contributed by atoms with Gasteiger partial charge in [0.2, 0.25) is 0 Å². The molecular formula is C18H22BrNO. The van der Waals surface area contributed by atoms with Crippen LogP contribution in [0.1, 0.15) is 38.5 Å². The topological polar surface area (TPSA) is 32.3 Å². The Labute approximate surface area is 134 Å². The molecule has 112 valence electrons. The molecule has 2 N–H and O–H groups in total. The first-order valence-electron chi connectivity index (χ1n) is 7.80. The molecule has 0 spiro atoms. The fourth-order valence-corrected chi connectivity index (χ4v) is 3.54. The molecule has 1 aliphatic carbocycles. The lowest BCUT2D eigenvalue weighted by Crippen LogP contribution is -2.36. The van der Waals surface area contributed by atoms with Crippen LogP contribution in [0.3, 0.4) is 0 Å². The largest absolute Gasteiger partial charge is 0.388 e. The third-order valence-corrected chi connectivity index (χ3v) is 4.95. The van der Waals surface area contributed by atoms with Crippen LogP contribution in [0.4, 0.5) is 5.69 Å². The lowest BCUT2D eigenvalue weighted by Gasteiger charge is -2.27. The summed E-state index contributed by atoms with van der Waals surface area (Å²) < 4.78 is 1.10. The molecule has 0 unspecified atom stereocenters. The number of benzene rings is 2. The fraction of sp³-hybridized carbons (Fsp3) is 0.444. The van der Waals surface area contributed by atoms with Crippen LogP contribution in [-0.2, 0) is 0 Å². The highest BCUT2D eigenvalue weighted by Gasteiger charge is 2.27. The Hall–Kier alpha value is -1.06. The predicted molar refractivity (Wildman–Crippen MR) is 92.8 cm³/mol. The van der Waals surface area contributed by atoms with Gasteiger partial charge in [0.15, 0.2) is 0 Å². The van der Waals surface area contributed by atoms with Gasteiger partial charge in [-0.15, -0.1) is 0 Å². The summed E-state index contributed by atoms with van der Waals surface area (Å²) in [6, 6.07) is 12.7. The number of fused-ring (bicyclic) bond motifs is 1. The van der Waals surface area contributed by atoms with Crippen LogP contribution in [0.15, 0.2) is 40.9 Å². The summed E-state index contributed by atoms with van der Waals surface area (Å²) in [7, 11) is 0. The third kappa shape index (κ3) is 3.78. The number of aliphatic hydroxyl groups is 1. The van der Waals surface area contributed by atoms with E-state index in [1.165, 1.54) is 23.6 Å². The fourth-order valence-electron chi connectivity index (χ4n) is 3.16. The number of rotatable bonds is 3. The summed E-state index contributed by atoms with van der Waals surface area (Å²) in [5.74, 6) is 0. The maximum absolute atomic E-state index is 10.7. The molecule has 0 aromatic heterocycles. The molecule has 0 aliphatic heterocycles. The quantitative estimate of drug-likeness (QED) is 0.757. The third-order valence-electron chi connectivity index (χ3n) is 4.46. The van der Waals surface area contributed by atoms with Crippen molar-refractivity contribution in [1.82, 2.24) is 0 Å². The monoisotopic (exact) mass is 347 g/mol. The van der Waals surface area contributed by atoms with E-state index in [1.54, 1.807) is 0 Å². The van der Waals surface area contributed by atoms with E-state index in [2.05, 4.69) is 57.6 Å². The first kappa shape index (κ1) is 14.9. The van der Waals surface area contributed by atoms with Gasteiger partial charge in [0, 0.05) is 16.7 Å². The molecule has 1 fully saturated rings. The number of halogens is 1. The van der Waals surface area contributed by atoms with Gasteiger partial charge in [-0.3, -0.25) is 0 Å². The van der Waals surface area contributed by atoms with Crippen LogP contribution in [0, 0.1) is 0 Å². The molecule has 2 aromatic carbocycles. The molecule has 21 heavy (non-hydrogen) atoms. The maximum Gasteiger partial charge on any atom is 0.0819 e. The first-order valence-corrected chi connectivity index (χ1v) is 8.60. The van der Waals surface area contributed by atoms with E-state index in [-0.39, 0.29) is 0 Å². The summed E-state index contributed by atoms with van der Waals surface area (Å²) >= 11 is 3.50. The zero-order valence-corrected chi connectivity index (χ0v) is 13.8. The van der Waals surface area contributed by atoms with Crippen molar-refractivity contribution < 1.29 is 5.11 Å². The van der Waals surface area contributed by atoms with E-state index in [4.69, 9.17) is 0 Å². The Morgan fingerprint density at radius 3 is 2.38 bits per heavy atom. The highest BCUT2D eigenvalue weighted by atomic mass is 79.9. The lowest BCUT2D eigenvalue weighted by atomic mass is 9.94. The number of nitrogens with one attached hydrogen (secondary N) is 1. The van der Waals surface area contributed by atoms with Crippen molar-refractivity contribution in [2.45, 2.75) is 44.1 Å². The second-order valence-electron chi connectivity index (χ2n) is 6.20. The molecule has 0 heterocycles. The maximum atomic E-state index is 10.7. The minimum Gasteiger partial charge on any atom is -0.388 e. The van der Waals surface area contributed by atoms with Gasteiger partial charge in [0.1, 0.15) is 0 Å². The minimum atomic E-state index is -0.537. The van der Waals surface area contributed by atoms with Crippen molar-refractivity contribution in [3.05, 3.63) is 40.9 Å². The molecule has 0 atom stereocenters. The van der Waals surface area contributed by atoms with E-state index in [1.807, 2.05) is 0 Å². The predicted octanol–water partition coefficient (Wildman–Crippen LogP) is 5.10. The van der Waals surface area contributed by atoms with Gasteiger partial charge >= 0.3 is 0 Å². The van der Waals surface area contributed by atoms with Gasteiger partial charge in [0.25, 0.3) is 0 Å². The second-order valence-corrected chi connectivity index (χ2v) is 7.11. The Bertz CT molecular complexity index is 618. The van der Waals surface area contributed by atoms with Gasteiger partial charge in [-0.2, -0.15) is 0 Å². The summed E-state index contributed by atoms with van der Waals surface area (Å²) in [6.07, 6.45) is 6.63. The van der Waals surface area contributed by atoms with Crippen LogP contribution in [-0.4, -0.2) is 17.3 Å². The van der Waals surface area contributed by atoms with Crippen molar-refractivity contribution >= 4 is 32.4 Å². The zero-order chi connectivity index (χ0) is 14.7. The first-order chi connectivity index (χ1) is 10.1. The normalized spacial score (nSPS) is 18.4. The zero-order valence-electron chi connectivity index (χ0n) is 12.2. The van der Waals surface area contributed by atoms with Crippen LogP contribution < -0.4 is 5.32 Å². The van der Waals surface area contributed by atoms with Crippen molar-refractivity contribution in [3.8, 4) is 0 Å². The van der Waals surface area contributed by atoms with E-state index in [0.717, 1.165) is 35.8 Å². The molecule has 1 saturated carbocycles. The van der Waals surface area contributed by atoms with E-state index >= 15 is 0 Å². The summed E-state index contributed by atoms with van der Waals surface area (Å²) in [4.78, 5) is 0. The Balaban J connectivity index is 1.71. The smallest absolute Gasteiger partial charge is 0.0819 e. The van der Waals surface area contributed by atoms with Crippen LogP contribution in [0.25, 0.3) is 10.8 Å². The van der Waals surface area contributed by atoms with Crippen LogP contribution in [0.2, 0.25) is 0 Å². The molecular weight excluding hydrogens is 326 g/mol. The van der Waals surface area contributed by atoms with Crippen molar-refractivity contribution in [2.24, 2.45) is 0 Å². The molecule has 0 bridgehead atoms. The van der Waals surface area contributed by atoms with Crippen LogP contribution in [0.5, 0.6) is 0 Å². The van der Waals surface area contributed by atoms with Gasteiger partial charge < -0.3 is 10.4 Å². The molecule has 1 aliphatic rings. The molecule has 2 aromatic rings. The molecule has 0 amide bonds. The summed E-state index contributed by atoms with van der Waals surface area (Å²) in [6.45, 7) is 0.648. The minimum absolute atomic E-state index is 0.537. The Kier molecular flexibility index (Phi) is 4.51. The number of anilines is 1. The van der Waals surface area contributed by atoms with Gasteiger partial charge in [0.05, 0.1) is 5.60 Å². The standard InChI is InChI=1S/C18H22BrNO/c19-16-7-5-15-12-17(8-6-14(15)11-16)20-13-18(21)9-3-1-2-4-10-18/h5-8,11-12,20-21H,1-4,9-10,13H2. The van der Waals surface area contributed by atoms with E-state index < -0.39 is 5.60 Å². The molecule has 0 radical (unpaired) electrons. The van der Waals surface area contributed by atoms with E-state index in [9.17, 15) is 5.11 Å². The SMILES string of the molecule is OC1(CNc2ccc3cc(Br)ccc3c2)CCCCCC1. The molecule has 0 saturated heterocycles. The van der Waals surface area contributed by atoms with Crippen molar-refractivity contribution in [3.63, 3.8) is 0 Å². The Morgan fingerprint density at radius 1 is 0.952 bits per heavy atom. The number of hydrogen-bond donors (Lipinski definition) is 2. The molecule has 3 heteroatoms. The van der Waals surface area contributed by atoms with Crippen LogP contribution >= 0.6 is 15.9 Å². The van der Waals surface area contributed by atoms with Gasteiger partial charge in [-0.05, 0) is 47.9 Å². The summed E-state index contributed by atoms with van der Waals surface area (Å²) in [5.41, 5.74) is 0.549. The van der Waals surface area contributed by atoms with Gasteiger partial charge in [-0.25, -0.2) is 0 Å². The molecule has 2 nitrogen and oxygen atoms in total. The van der Waals surface area contributed by atoms with Crippen molar-refractivity contribution in [1.29, 1.82) is 0 Å². The van der Waals surface area contributed by atoms with Gasteiger partial charge in [-0.1, -0.05) is 53.7 Å². The molecule has 3 rings (SSSR count). The van der Waals surface area contributed by atoms with Crippen molar-refractivity contribution in [2.75, 3.05) is 11.9 Å². The average molecular weight is 348 g/mol. The van der Waals surface area contributed by atoms with E-state index in [0.29, 0.717) is 6.54 Å². The highest BCUT2D eigenvalue weighted by molar-refractivity contribution is 9.10. The second kappa shape index (κ2) is 6.37. The highest BCUT2D eigenvalue weighted by Crippen LogP contribution is 2.28. The average Bonchev–Trinajstić information content (AvgIpc) is 2.70. The number of hydrogen-bond acceptors (Lipinski definition) is 2. The lowest BCUT2D eigenvalue weighted by molar-refractivity contribution is 0.0381. The Morgan fingerprint density at radius 2 is 1.62 bits per heavy atom. The summed E-state index contributed by atoms with van der Waals surface area (Å²) in [5, 5.41) is 16.6.